The molecule has 1 aliphatic heterocycles. The second-order valence-electron chi connectivity index (χ2n) is 6.26. The highest BCUT2D eigenvalue weighted by atomic mass is 15.2. The Morgan fingerprint density at radius 2 is 2.00 bits per heavy atom. The Morgan fingerprint density at radius 3 is 2.83 bits per heavy atom. The lowest BCUT2D eigenvalue weighted by Gasteiger charge is -2.16. The predicted molar refractivity (Wildman–Crippen MR) is 90.0 cm³/mol. The molecule has 1 aromatic carbocycles. The molecule has 23 heavy (non-hydrogen) atoms. The Bertz CT molecular complexity index is 782. The van der Waals surface area contributed by atoms with E-state index in [1.807, 2.05) is 12.4 Å². The molecule has 0 bridgehead atoms. The standard InChI is InChI=1S/C18H21N5/c19-8-15-11-22(13-17(15)14-4-2-1-3-5-14)12-16-9-21-18-10-20-6-7-23(16)18/h1-7,9-10,15,17H,8,11-13,19H2/t15-,17+/m1/s1. The molecule has 5 heteroatoms. The summed E-state index contributed by atoms with van der Waals surface area (Å²) in [5.74, 6) is 1.03. The number of aromatic nitrogens is 3. The lowest BCUT2D eigenvalue weighted by molar-refractivity contribution is 0.312. The van der Waals surface area contributed by atoms with Crippen LogP contribution in [0, 0.1) is 5.92 Å². The van der Waals surface area contributed by atoms with Crippen LogP contribution in [0.15, 0.2) is 55.1 Å². The Balaban J connectivity index is 1.54. The average molecular weight is 307 g/mol. The van der Waals surface area contributed by atoms with Crippen molar-refractivity contribution < 1.29 is 0 Å². The Hall–Kier alpha value is -2.24. The monoisotopic (exact) mass is 307 g/mol. The molecule has 0 saturated carbocycles. The van der Waals surface area contributed by atoms with Crippen LogP contribution in [0.2, 0.25) is 0 Å². The summed E-state index contributed by atoms with van der Waals surface area (Å²) < 4.78 is 2.11. The molecule has 2 aromatic heterocycles. The minimum atomic E-state index is 0.512. The summed E-state index contributed by atoms with van der Waals surface area (Å²) in [4.78, 5) is 11.0. The molecule has 0 amide bonds. The SMILES string of the molecule is NC[C@@H]1CN(Cc2cnc3cnccn23)C[C@H]1c1ccccc1. The van der Waals surface area contributed by atoms with Crippen molar-refractivity contribution in [3.8, 4) is 0 Å². The van der Waals surface area contributed by atoms with Crippen LogP contribution in [0.1, 0.15) is 17.2 Å². The second-order valence-corrected chi connectivity index (χ2v) is 6.26. The van der Waals surface area contributed by atoms with E-state index in [1.165, 1.54) is 11.3 Å². The zero-order valence-electron chi connectivity index (χ0n) is 13.0. The summed E-state index contributed by atoms with van der Waals surface area (Å²) in [6.45, 7) is 3.71. The maximum atomic E-state index is 6.04. The molecule has 1 aliphatic rings. The van der Waals surface area contributed by atoms with Gasteiger partial charge in [0.1, 0.15) is 0 Å². The first-order valence-corrected chi connectivity index (χ1v) is 8.08. The third kappa shape index (κ3) is 2.73. The number of likely N-dealkylation sites (tertiary alicyclic amines) is 1. The molecule has 2 atom stereocenters. The molecule has 1 saturated heterocycles. The van der Waals surface area contributed by atoms with E-state index in [1.54, 1.807) is 12.4 Å². The summed E-state index contributed by atoms with van der Waals surface area (Å²) in [6.07, 6.45) is 7.52. The van der Waals surface area contributed by atoms with Gasteiger partial charge in [-0.3, -0.25) is 14.3 Å². The van der Waals surface area contributed by atoms with Crippen LogP contribution in [0.3, 0.4) is 0 Å². The van der Waals surface area contributed by atoms with Crippen molar-refractivity contribution in [2.75, 3.05) is 19.6 Å². The fourth-order valence-electron chi connectivity index (χ4n) is 3.65. The van der Waals surface area contributed by atoms with Gasteiger partial charge in [-0.05, 0) is 18.0 Å². The number of benzene rings is 1. The molecular formula is C18H21N5. The minimum absolute atomic E-state index is 0.512. The highest BCUT2D eigenvalue weighted by Crippen LogP contribution is 2.32. The zero-order valence-corrected chi connectivity index (χ0v) is 13.0. The van der Waals surface area contributed by atoms with Crippen molar-refractivity contribution in [1.29, 1.82) is 0 Å². The molecule has 3 aromatic rings. The van der Waals surface area contributed by atoms with Gasteiger partial charge in [0.15, 0.2) is 5.65 Å². The molecule has 0 unspecified atom stereocenters. The maximum absolute atomic E-state index is 6.04. The number of nitrogens with two attached hydrogens (primary N) is 1. The van der Waals surface area contributed by atoms with E-state index in [2.05, 4.69) is 49.6 Å². The van der Waals surface area contributed by atoms with Gasteiger partial charge in [0.25, 0.3) is 0 Å². The smallest absolute Gasteiger partial charge is 0.155 e. The van der Waals surface area contributed by atoms with Crippen LogP contribution >= 0.6 is 0 Å². The minimum Gasteiger partial charge on any atom is -0.330 e. The predicted octanol–water partition coefficient (Wildman–Crippen LogP) is 1.90. The number of hydrogen-bond acceptors (Lipinski definition) is 4. The number of imidazole rings is 1. The molecule has 118 valence electrons. The maximum Gasteiger partial charge on any atom is 0.155 e. The van der Waals surface area contributed by atoms with E-state index in [9.17, 15) is 0 Å². The fourth-order valence-corrected chi connectivity index (χ4v) is 3.65. The van der Waals surface area contributed by atoms with Crippen LogP contribution in [-0.2, 0) is 6.54 Å². The summed E-state index contributed by atoms with van der Waals surface area (Å²) in [5, 5.41) is 0. The van der Waals surface area contributed by atoms with E-state index in [4.69, 9.17) is 5.73 Å². The molecule has 4 rings (SSSR count). The van der Waals surface area contributed by atoms with Crippen LogP contribution in [-0.4, -0.2) is 38.9 Å². The van der Waals surface area contributed by atoms with Crippen LogP contribution in [0.25, 0.3) is 5.65 Å². The quantitative estimate of drug-likeness (QED) is 0.800. The number of rotatable bonds is 4. The van der Waals surface area contributed by atoms with Gasteiger partial charge in [0.05, 0.1) is 18.1 Å². The second kappa shape index (κ2) is 6.10. The van der Waals surface area contributed by atoms with Gasteiger partial charge >= 0.3 is 0 Å². The Kier molecular flexibility index (Phi) is 3.81. The fraction of sp³-hybridized carbons (Fsp3) is 0.333. The normalized spacial score (nSPS) is 22.0. The van der Waals surface area contributed by atoms with E-state index < -0.39 is 0 Å². The van der Waals surface area contributed by atoms with Gasteiger partial charge in [-0.1, -0.05) is 30.3 Å². The molecule has 0 radical (unpaired) electrons. The van der Waals surface area contributed by atoms with Crippen molar-refractivity contribution in [2.24, 2.45) is 11.7 Å². The van der Waals surface area contributed by atoms with Gasteiger partial charge in [0, 0.05) is 37.9 Å². The topological polar surface area (TPSA) is 59.5 Å². The van der Waals surface area contributed by atoms with Crippen LogP contribution < -0.4 is 5.73 Å². The molecule has 5 nitrogen and oxygen atoms in total. The van der Waals surface area contributed by atoms with Crippen molar-refractivity contribution in [3.05, 3.63) is 66.4 Å². The molecule has 0 aliphatic carbocycles. The lowest BCUT2D eigenvalue weighted by Crippen LogP contribution is -2.23. The van der Waals surface area contributed by atoms with Crippen molar-refractivity contribution in [2.45, 2.75) is 12.5 Å². The van der Waals surface area contributed by atoms with Gasteiger partial charge in [-0.15, -0.1) is 0 Å². The van der Waals surface area contributed by atoms with Crippen molar-refractivity contribution in [3.63, 3.8) is 0 Å². The summed E-state index contributed by atoms with van der Waals surface area (Å²) in [5.41, 5.74) is 9.53. The molecular weight excluding hydrogens is 286 g/mol. The third-order valence-electron chi connectivity index (χ3n) is 4.83. The van der Waals surface area contributed by atoms with Crippen molar-refractivity contribution >= 4 is 5.65 Å². The largest absolute Gasteiger partial charge is 0.330 e. The summed E-state index contributed by atoms with van der Waals surface area (Å²) in [6, 6.07) is 10.7. The summed E-state index contributed by atoms with van der Waals surface area (Å²) in [7, 11) is 0. The van der Waals surface area contributed by atoms with Gasteiger partial charge in [-0.2, -0.15) is 0 Å². The number of hydrogen-bond donors (Lipinski definition) is 1. The molecule has 1 fully saturated rings. The van der Waals surface area contributed by atoms with Crippen LogP contribution in [0.4, 0.5) is 0 Å². The van der Waals surface area contributed by atoms with Crippen molar-refractivity contribution in [1.82, 2.24) is 19.3 Å². The number of nitrogens with zero attached hydrogens (tertiary/aromatic N) is 4. The van der Waals surface area contributed by atoms with E-state index in [-0.39, 0.29) is 0 Å². The van der Waals surface area contributed by atoms with Gasteiger partial charge in [-0.25, -0.2) is 4.98 Å². The number of fused-ring (bicyclic) bond motifs is 1. The zero-order chi connectivity index (χ0) is 15.6. The molecule has 2 N–H and O–H groups in total. The first-order valence-electron chi connectivity index (χ1n) is 8.08. The van der Waals surface area contributed by atoms with E-state index >= 15 is 0 Å². The van der Waals surface area contributed by atoms with Gasteiger partial charge < -0.3 is 5.73 Å². The summed E-state index contributed by atoms with van der Waals surface area (Å²) >= 11 is 0. The highest BCUT2D eigenvalue weighted by molar-refractivity contribution is 5.37. The molecule has 3 heterocycles. The average Bonchev–Trinajstić information content (AvgIpc) is 3.20. The first kappa shape index (κ1) is 14.4. The van der Waals surface area contributed by atoms with Crippen LogP contribution in [0.5, 0.6) is 0 Å². The third-order valence-corrected chi connectivity index (χ3v) is 4.83. The molecule has 0 spiro atoms. The lowest BCUT2D eigenvalue weighted by atomic mass is 9.89. The highest BCUT2D eigenvalue weighted by Gasteiger charge is 2.32. The van der Waals surface area contributed by atoms with E-state index in [0.717, 1.165) is 31.8 Å². The Morgan fingerprint density at radius 1 is 1.13 bits per heavy atom. The Labute approximate surface area is 135 Å². The first-order chi connectivity index (χ1) is 11.3. The van der Waals surface area contributed by atoms with E-state index in [0.29, 0.717) is 11.8 Å². The van der Waals surface area contributed by atoms with Gasteiger partial charge in [0.2, 0.25) is 0 Å².